The fraction of sp³-hybridized carbons (Fsp3) is 0.458. The maximum absolute atomic E-state index is 12.8. The summed E-state index contributed by atoms with van der Waals surface area (Å²) >= 11 is 0. The highest BCUT2D eigenvalue weighted by Gasteiger charge is 2.38. The van der Waals surface area contributed by atoms with E-state index >= 15 is 0 Å². The number of nitrogens with zero attached hydrogens (tertiary/aromatic N) is 2. The smallest absolute Gasteiger partial charge is 0.271 e. The molecule has 9 nitrogen and oxygen atoms in total. The molecule has 1 N–H and O–H groups in total. The zero-order valence-corrected chi connectivity index (χ0v) is 20.5. The van der Waals surface area contributed by atoms with Gasteiger partial charge in [-0.15, -0.1) is 0 Å². The van der Waals surface area contributed by atoms with Crippen molar-refractivity contribution in [3.05, 3.63) is 64.2 Å². The van der Waals surface area contributed by atoms with Crippen LogP contribution in [0.1, 0.15) is 57.6 Å². The third-order valence-electron chi connectivity index (χ3n) is 6.31. The van der Waals surface area contributed by atoms with Crippen molar-refractivity contribution in [3.63, 3.8) is 0 Å². The second kappa shape index (κ2) is 10.4. The number of nitrogens with one attached hydrogen (secondary N) is 1. The molecule has 34 heavy (non-hydrogen) atoms. The van der Waals surface area contributed by atoms with E-state index in [1.165, 1.54) is 24.3 Å². The molecule has 2 aromatic carbocycles. The predicted molar refractivity (Wildman–Crippen MR) is 130 cm³/mol. The number of hydrogen-bond acceptors (Lipinski definition) is 6. The van der Waals surface area contributed by atoms with E-state index in [0.29, 0.717) is 6.42 Å². The van der Waals surface area contributed by atoms with Crippen LogP contribution in [0.3, 0.4) is 0 Å². The number of anilines is 1. The van der Waals surface area contributed by atoms with E-state index < -0.39 is 14.9 Å². The number of para-hydroxylation sites is 1. The van der Waals surface area contributed by atoms with Gasteiger partial charge < -0.3 is 10.1 Å². The third-order valence-corrected chi connectivity index (χ3v) is 7.51. The van der Waals surface area contributed by atoms with E-state index in [0.717, 1.165) is 34.7 Å². The van der Waals surface area contributed by atoms with Crippen molar-refractivity contribution < 1.29 is 22.9 Å². The average molecular weight is 490 g/mol. The second-order valence-corrected chi connectivity index (χ2v) is 10.5. The highest BCUT2D eigenvalue weighted by Crippen LogP contribution is 2.42. The first-order valence-electron chi connectivity index (χ1n) is 11.4. The molecule has 1 aliphatic heterocycles. The minimum atomic E-state index is -3.69. The van der Waals surface area contributed by atoms with Gasteiger partial charge in [0, 0.05) is 37.1 Å². The van der Waals surface area contributed by atoms with Crippen molar-refractivity contribution in [2.24, 2.45) is 0 Å². The van der Waals surface area contributed by atoms with Gasteiger partial charge in [0.15, 0.2) is 0 Å². The Balaban J connectivity index is 1.68. The highest BCUT2D eigenvalue weighted by atomic mass is 32.2. The lowest BCUT2D eigenvalue weighted by Gasteiger charge is -2.41. The molecular weight excluding hydrogens is 458 g/mol. The number of amides is 1. The topological polar surface area (TPSA) is 119 Å². The molecule has 0 spiro atoms. The zero-order chi connectivity index (χ0) is 24.9. The molecule has 1 heterocycles. The van der Waals surface area contributed by atoms with Crippen LogP contribution in [0.25, 0.3) is 0 Å². The van der Waals surface area contributed by atoms with E-state index in [1.54, 1.807) is 0 Å². The Morgan fingerprint density at radius 1 is 1.21 bits per heavy atom. The Kier molecular flexibility index (Phi) is 7.81. The minimum Gasteiger partial charge on any atom is -0.487 e. The maximum atomic E-state index is 12.8. The van der Waals surface area contributed by atoms with Crippen molar-refractivity contribution in [1.29, 1.82) is 0 Å². The largest absolute Gasteiger partial charge is 0.487 e. The number of benzene rings is 2. The van der Waals surface area contributed by atoms with Gasteiger partial charge in [-0.2, -0.15) is 0 Å². The summed E-state index contributed by atoms with van der Waals surface area (Å²) in [6.07, 6.45) is 3.71. The second-order valence-electron chi connectivity index (χ2n) is 8.57. The van der Waals surface area contributed by atoms with Crippen LogP contribution in [0.4, 0.5) is 11.4 Å². The number of carbonyl (C=O) groups excluding carboxylic acids is 1. The van der Waals surface area contributed by atoms with Gasteiger partial charge in [0.2, 0.25) is 15.9 Å². The van der Waals surface area contributed by atoms with Crippen molar-refractivity contribution in [1.82, 2.24) is 5.32 Å². The van der Waals surface area contributed by atoms with E-state index in [-0.39, 0.29) is 48.3 Å². The van der Waals surface area contributed by atoms with Gasteiger partial charge >= 0.3 is 0 Å². The van der Waals surface area contributed by atoms with Crippen molar-refractivity contribution in [2.45, 2.75) is 57.6 Å². The Hall–Kier alpha value is -3.14. The summed E-state index contributed by atoms with van der Waals surface area (Å²) in [6.45, 7) is 4.18. The molecule has 184 valence electrons. The molecule has 0 unspecified atom stereocenters. The predicted octanol–water partition coefficient (Wildman–Crippen LogP) is 4.34. The van der Waals surface area contributed by atoms with Crippen LogP contribution in [0.2, 0.25) is 0 Å². The highest BCUT2D eigenvalue weighted by molar-refractivity contribution is 7.92. The number of nitro benzene ring substituents is 1. The quantitative estimate of drug-likeness (QED) is 0.392. The van der Waals surface area contributed by atoms with E-state index in [4.69, 9.17) is 4.74 Å². The van der Waals surface area contributed by atoms with Crippen LogP contribution in [-0.2, 0) is 14.8 Å². The molecule has 2 aromatic rings. The number of nitro groups is 1. The molecule has 0 fully saturated rings. The lowest BCUT2D eigenvalue weighted by Crippen LogP contribution is -2.44. The fourth-order valence-corrected chi connectivity index (χ4v) is 5.29. The van der Waals surface area contributed by atoms with E-state index in [2.05, 4.69) is 19.2 Å². The number of ether oxygens (including phenoxy) is 1. The lowest BCUT2D eigenvalue weighted by molar-refractivity contribution is -0.384. The summed E-state index contributed by atoms with van der Waals surface area (Å²) < 4.78 is 32.0. The van der Waals surface area contributed by atoms with Crippen LogP contribution in [0.5, 0.6) is 5.75 Å². The zero-order valence-electron chi connectivity index (χ0n) is 19.7. The standard InChI is InChI=1S/C24H31N3O6S/c1-4-24(5-2)17-21(20-12-6-7-13-22(20)33-24)25-23(28)14-9-15-26(34(3,31)32)18-10-8-11-19(16-18)27(29)30/h6-8,10-13,16,21H,4-5,9,14-15,17H2,1-3H3,(H,25,28)/t21-/m0/s1. The van der Waals surface area contributed by atoms with Crippen LogP contribution in [0.15, 0.2) is 48.5 Å². The first kappa shape index (κ1) is 25.5. The van der Waals surface area contributed by atoms with Gasteiger partial charge in [-0.05, 0) is 31.4 Å². The van der Waals surface area contributed by atoms with Crippen LogP contribution in [-0.4, -0.2) is 37.6 Å². The first-order valence-corrected chi connectivity index (χ1v) is 13.2. The van der Waals surface area contributed by atoms with Gasteiger partial charge in [0.1, 0.15) is 11.4 Å². The number of rotatable bonds is 10. The normalized spacial score (nSPS) is 16.7. The Morgan fingerprint density at radius 2 is 1.91 bits per heavy atom. The van der Waals surface area contributed by atoms with Gasteiger partial charge in [-0.25, -0.2) is 8.42 Å². The third kappa shape index (κ3) is 5.85. The van der Waals surface area contributed by atoms with Gasteiger partial charge in [-0.1, -0.05) is 38.1 Å². The summed E-state index contributed by atoms with van der Waals surface area (Å²) in [5, 5.41) is 14.2. The molecule has 0 saturated heterocycles. The summed E-state index contributed by atoms with van der Waals surface area (Å²) in [7, 11) is -3.69. The number of non-ortho nitro benzene ring substituents is 1. The van der Waals surface area contributed by atoms with E-state index in [9.17, 15) is 23.3 Å². The van der Waals surface area contributed by atoms with E-state index in [1.807, 2.05) is 24.3 Å². The Labute approximate surface area is 200 Å². The minimum absolute atomic E-state index is 0.0334. The van der Waals surface area contributed by atoms with Gasteiger partial charge in [0.25, 0.3) is 5.69 Å². The summed E-state index contributed by atoms with van der Waals surface area (Å²) in [5.74, 6) is 0.590. The van der Waals surface area contributed by atoms with Crippen molar-refractivity contribution in [2.75, 3.05) is 17.1 Å². The molecule has 1 atom stereocenters. The lowest BCUT2D eigenvalue weighted by atomic mass is 9.83. The van der Waals surface area contributed by atoms with Gasteiger partial charge in [0.05, 0.1) is 22.9 Å². The van der Waals surface area contributed by atoms with Crippen molar-refractivity contribution >= 4 is 27.3 Å². The Morgan fingerprint density at radius 3 is 2.56 bits per heavy atom. The molecule has 1 amide bonds. The molecule has 1 aliphatic rings. The summed E-state index contributed by atoms with van der Waals surface area (Å²) in [4.78, 5) is 23.3. The number of hydrogen-bond donors (Lipinski definition) is 1. The molecule has 0 bridgehead atoms. The number of carbonyl (C=O) groups is 1. The SMILES string of the molecule is CCC1(CC)C[C@H](NC(=O)CCCN(c2cccc([N+](=O)[O-])c2)S(C)(=O)=O)c2ccccc2O1. The summed E-state index contributed by atoms with van der Waals surface area (Å²) in [6, 6.07) is 12.9. The molecule has 0 aromatic heterocycles. The average Bonchev–Trinajstić information content (AvgIpc) is 2.81. The van der Waals surface area contributed by atoms with Gasteiger partial charge in [-0.3, -0.25) is 19.2 Å². The van der Waals surface area contributed by atoms with Crippen molar-refractivity contribution in [3.8, 4) is 5.75 Å². The fourth-order valence-electron chi connectivity index (χ4n) is 4.33. The monoisotopic (exact) mass is 489 g/mol. The van der Waals surface area contributed by atoms with Crippen LogP contribution in [0, 0.1) is 10.1 Å². The molecule has 0 radical (unpaired) electrons. The molecular formula is C24H31N3O6S. The first-order chi connectivity index (χ1) is 16.1. The Bertz CT molecular complexity index is 1150. The number of sulfonamides is 1. The summed E-state index contributed by atoms with van der Waals surface area (Å²) in [5.41, 5.74) is 0.591. The van der Waals surface area contributed by atoms with Crippen LogP contribution >= 0.6 is 0 Å². The molecule has 3 rings (SSSR count). The molecule has 0 aliphatic carbocycles. The number of fused-ring (bicyclic) bond motifs is 1. The van der Waals surface area contributed by atoms with Crippen LogP contribution < -0.4 is 14.4 Å². The molecule has 10 heteroatoms. The maximum Gasteiger partial charge on any atom is 0.271 e. The molecule has 0 saturated carbocycles.